The number of amides is 1. The molecule has 128 valence electrons. The number of imidazole rings is 1. The van der Waals surface area contributed by atoms with Crippen LogP contribution in [0.4, 0.5) is 0 Å². The standard InChI is InChI=1S/C18H20N6O/c1-14-10-21-23(11-14)12-16-3-2-7-24(16)18(25)15-4-5-20-17(9-15)22-8-6-19-13-22/h4-6,8-11,13,16H,2-3,7,12H2,1H3. The highest BCUT2D eigenvalue weighted by molar-refractivity contribution is 5.94. The summed E-state index contributed by atoms with van der Waals surface area (Å²) in [7, 11) is 0. The molecule has 0 spiro atoms. The Hall–Kier alpha value is -2.96. The van der Waals surface area contributed by atoms with E-state index in [9.17, 15) is 4.79 Å². The summed E-state index contributed by atoms with van der Waals surface area (Å²) < 4.78 is 3.72. The van der Waals surface area contributed by atoms with Crippen molar-refractivity contribution >= 4 is 5.91 Å². The molecule has 1 atom stereocenters. The molecule has 4 heterocycles. The fraction of sp³-hybridized carbons (Fsp3) is 0.333. The number of likely N-dealkylation sites (tertiary alicyclic amines) is 1. The SMILES string of the molecule is Cc1cnn(CC2CCCN2C(=O)c2ccnc(-n3ccnc3)c2)c1. The first-order valence-electron chi connectivity index (χ1n) is 8.45. The van der Waals surface area contributed by atoms with Crippen molar-refractivity contribution in [1.29, 1.82) is 0 Å². The molecule has 4 rings (SSSR count). The first kappa shape index (κ1) is 15.6. The Bertz CT molecular complexity index is 869. The number of nitrogens with zero attached hydrogens (tertiary/aromatic N) is 6. The molecule has 0 saturated carbocycles. The van der Waals surface area contributed by atoms with E-state index in [1.165, 1.54) is 0 Å². The fourth-order valence-corrected chi connectivity index (χ4v) is 3.33. The number of aryl methyl sites for hydroxylation is 1. The van der Waals surface area contributed by atoms with Gasteiger partial charge in [0.15, 0.2) is 0 Å². The molecule has 1 amide bonds. The highest BCUT2D eigenvalue weighted by Crippen LogP contribution is 2.22. The summed E-state index contributed by atoms with van der Waals surface area (Å²) in [5, 5.41) is 4.35. The topological polar surface area (TPSA) is 68.8 Å². The van der Waals surface area contributed by atoms with Crippen LogP contribution in [-0.4, -0.2) is 47.7 Å². The van der Waals surface area contributed by atoms with Gasteiger partial charge in [-0.2, -0.15) is 5.10 Å². The van der Waals surface area contributed by atoms with Crippen LogP contribution in [-0.2, 0) is 6.54 Å². The zero-order chi connectivity index (χ0) is 17.2. The van der Waals surface area contributed by atoms with E-state index in [1.54, 1.807) is 29.4 Å². The zero-order valence-electron chi connectivity index (χ0n) is 14.1. The lowest BCUT2D eigenvalue weighted by molar-refractivity contribution is 0.0721. The minimum atomic E-state index is 0.0511. The third-order valence-electron chi connectivity index (χ3n) is 4.56. The van der Waals surface area contributed by atoms with Gasteiger partial charge in [-0.3, -0.25) is 14.0 Å². The molecule has 0 aromatic carbocycles. The molecular formula is C18H20N6O. The van der Waals surface area contributed by atoms with Crippen molar-refractivity contribution in [3.63, 3.8) is 0 Å². The van der Waals surface area contributed by atoms with E-state index in [2.05, 4.69) is 15.1 Å². The predicted molar refractivity (Wildman–Crippen MR) is 92.4 cm³/mol. The Labute approximate surface area is 145 Å². The van der Waals surface area contributed by atoms with Gasteiger partial charge in [-0.25, -0.2) is 9.97 Å². The van der Waals surface area contributed by atoms with Crippen LogP contribution in [0.1, 0.15) is 28.8 Å². The van der Waals surface area contributed by atoms with Crippen molar-refractivity contribution in [2.75, 3.05) is 6.54 Å². The van der Waals surface area contributed by atoms with Crippen LogP contribution in [0.2, 0.25) is 0 Å². The Kier molecular flexibility index (Phi) is 4.05. The van der Waals surface area contributed by atoms with E-state index in [1.807, 2.05) is 41.2 Å². The lowest BCUT2D eigenvalue weighted by Gasteiger charge is -2.25. The molecule has 1 unspecified atom stereocenters. The molecule has 1 aliphatic rings. The van der Waals surface area contributed by atoms with Crippen molar-refractivity contribution < 1.29 is 4.79 Å². The molecule has 3 aromatic rings. The van der Waals surface area contributed by atoms with Crippen LogP contribution < -0.4 is 0 Å². The molecule has 0 radical (unpaired) electrons. The lowest BCUT2D eigenvalue weighted by atomic mass is 10.2. The summed E-state index contributed by atoms with van der Waals surface area (Å²) in [6, 6.07) is 3.77. The van der Waals surface area contributed by atoms with Gasteiger partial charge in [-0.05, 0) is 37.5 Å². The van der Waals surface area contributed by atoms with Crippen LogP contribution in [0, 0.1) is 6.92 Å². The Morgan fingerprint density at radius 3 is 3.04 bits per heavy atom. The molecule has 3 aromatic heterocycles. The molecule has 0 aliphatic carbocycles. The van der Waals surface area contributed by atoms with Crippen molar-refractivity contribution in [3.05, 3.63) is 60.6 Å². The molecular weight excluding hydrogens is 316 g/mol. The summed E-state index contributed by atoms with van der Waals surface area (Å²) >= 11 is 0. The smallest absolute Gasteiger partial charge is 0.254 e. The van der Waals surface area contributed by atoms with Crippen LogP contribution in [0.3, 0.4) is 0 Å². The molecule has 1 fully saturated rings. The third kappa shape index (κ3) is 3.17. The van der Waals surface area contributed by atoms with Gasteiger partial charge in [0.2, 0.25) is 0 Å². The van der Waals surface area contributed by atoms with Gasteiger partial charge in [0.25, 0.3) is 5.91 Å². The number of rotatable bonds is 4. The molecule has 0 bridgehead atoms. The highest BCUT2D eigenvalue weighted by Gasteiger charge is 2.30. The number of hydrogen-bond acceptors (Lipinski definition) is 4. The minimum absolute atomic E-state index is 0.0511. The van der Waals surface area contributed by atoms with Crippen molar-refractivity contribution in [2.45, 2.75) is 32.4 Å². The van der Waals surface area contributed by atoms with Crippen LogP contribution in [0.5, 0.6) is 0 Å². The Morgan fingerprint density at radius 2 is 2.28 bits per heavy atom. The van der Waals surface area contributed by atoms with E-state index in [-0.39, 0.29) is 11.9 Å². The van der Waals surface area contributed by atoms with E-state index in [0.717, 1.165) is 31.5 Å². The lowest BCUT2D eigenvalue weighted by Crippen LogP contribution is -2.38. The fourth-order valence-electron chi connectivity index (χ4n) is 3.33. The number of pyridine rings is 1. The maximum absolute atomic E-state index is 13.0. The average molecular weight is 336 g/mol. The predicted octanol–water partition coefficient (Wildman–Crippen LogP) is 2.08. The van der Waals surface area contributed by atoms with E-state index < -0.39 is 0 Å². The summed E-state index contributed by atoms with van der Waals surface area (Å²) in [5.41, 5.74) is 1.79. The van der Waals surface area contributed by atoms with E-state index in [4.69, 9.17) is 0 Å². The highest BCUT2D eigenvalue weighted by atomic mass is 16.2. The Morgan fingerprint density at radius 1 is 1.36 bits per heavy atom. The Balaban J connectivity index is 1.54. The second kappa shape index (κ2) is 6.51. The number of hydrogen-bond donors (Lipinski definition) is 0. The van der Waals surface area contributed by atoms with Gasteiger partial charge in [0.05, 0.1) is 18.8 Å². The number of carbonyl (C=O) groups excluding carboxylic acids is 1. The third-order valence-corrected chi connectivity index (χ3v) is 4.56. The van der Waals surface area contributed by atoms with Crippen LogP contribution >= 0.6 is 0 Å². The quantitative estimate of drug-likeness (QED) is 0.731. The van der Waals surface area contributed by atoms with Gasteiger partial charge >= 0.3 is 0 Å². The zero-order valence-corrected chi connectivity index (χ0v) is 14.1. The second-order valence-corrected chi connectivity index (χ2v) is 6.41. The van der Waals surface area contributed by atoms with E-state index in [0.29, 0.717) is 11.4 Å². The molecule has 7 heteroatoms. The molecule has 1 aliphatic heterocycles. The molecule has 0 N–H and O–H groups in total. The van der Waals surface area contributed by atoms with Gasteiger partial charge in [-0.15, -0.1) is 0 Å². The number of aromatic nitrogens is 5. The summed E-state index contributed by atoms with van der Waals surface area (Å²) in [6.07, 6.45) is 12.8. The van der Waals surface area contributed by atoms with Crippen LogP contribution in [0.25, 0.3) is 5.82 Å². The largest absolute Gasteiger partial charge is 0.334 e. The van der Waals surface area contributed by atoms with Gasteiger partial charge in [-0.1, -0.05) is 0 Å². The van der Waals surface area contributed by atoms with Crippen molar-refractivity contribution in [3.8, 4) is 5.82 Å². The second-order valence-electron chi connectivity index (χ2n) is 6.41. The van der Waals surface area contributed by atoms with E-state index >= 15 is 0 Å². The average Bonchev–Trinajstić information content (AvgIpc) is 3.37. The summed E-state index contributed by atoms with van der Waals surface area (Å²) in [6.45, 7) is 3.54. The van der Waals surface area contributed by atoms with Crippen molar-refractivity contribution in [1.82, 2.24) is 29.2 Å². The molecule has 25 heavy (non-hydrogen) atoms. The van der Waals surface area contributed by atoms with Crippen molar-refractivity contribution in [2.24, 2.45) is 0 Å². The normalized spacial score (nSPS) is 17.2. The molecule has 1 saturated heterocycles. The first-order valence-corrected chi connectivity index (χ1v) is 8.45. The van der Waals surface area contributed by atoms with Gasteiger partial charge < -0.3 is 4.90 Å². The maximum Gasteiger partial charge on any atom is 0.254 e. The first-order chi connectivity index (χ1) is 12.2. The number of carbonyl (C=O) groups is 1. The summed E-state index contributed by atoms with van der Waals surface area (Å²) in [4.78, 5) is 23.3. The monoisotopic (exact) mass is 336 g/mol. The summed E-state index contributed by atoms with van der Waals surface area (Å²) in [5.74, 6) is 0.747. The van der Waals surface area contributed by atoms with Crippen LogP contribution in [0.15, 0.2) is 49.4 Å². The van der Waals surface area contributed by atoms with Gasteiger partial charge in [0, 0.05) is 36.9 Å². The van der Waals surface area contributed by atoms with Gasteiger partial charge in [0.1, 0.15) is 12.1 Å². The minimum Gasteiger partial charge on any atom is -0.334 e. The maximum atomic E-state index is 13.0. The molecule has 7 nitrogen and oxygen atoms in total.